The SMILES string of the molecule is [O-]/[N+](=C\c1ccccc1)[C@@H]1c2c(ccc3ccccc23)OC[C@@H]1CO. The van der Waals surface area contributed by atoms with Crippen LogP contribution in [0.2, 0.25) is 0 Å². The predicted octanol–water partition coefficient (Wildman–Crippen LogP) is 3.51. The third-order valence-corrected chi connectivity index (χ3v) is 4.71. The monoisotopic (exact) mass is 333 g/mol. The molecule has 0 saturated heterocycles. The number of aliphatic hydroxyl groups is 1. The van der Waals surface area contributed by atoms with Crippen molar-refractivity contribution in [1.29, 1.82) is 0 Å². The van der Waals surface area contributed by atoms with E-state index < -0.39 is 6.04 Å². The fourth-order valence-electron chi connectivity index (χ4n) is 3.48. The molecule has 1 aliphatic rings. The fraction of sp³-hybridized carbons (Fsp3) is 0.190. The van der Waals surface area contributed by atoms with E-state index in [2.05, 4.69) is 0 Å². The molecule has 1 N–H and O–H groups in total. The summed E-state index contributed by atoms with van der Waals surface area (Å²) in [6.07, 6.45) is 1.59. The van der Waals surface area contributed by atoms with Gasteiger partial charge < -0.3 is 15.1 Å². The number of nitrogens with zero attached hydrogens (tertiary/aromatic N) is 1. The van der Waals surface area contributed by atoms with E-state index in [1.54, 1.807) is 6.21 Å². The second-order valence-electron chi connectivity index (χ2n) is 6.30. The quantitative estimate of drug-likeness (QED) is 0.345. The summed E-state index contributed by atoms with van der Waals surface area (Å²) in [4.78, 5) is 0. The Morgan fingerprint density at radius 3 is 2.60 bits per heavy atom. The minimum absolute atomic E-state index is 0.102. The first kappa shape index (κ1) is 15.7. The van der Waals surface area contributed by atoms with Crippen LogP contribution < -0.4 is 4.74 Å². The van der Waals surface area contributed by atoms with Crippen molar-refractivity contribution in [1.82, 2.24) is 0 Å². The highest BCUT2D eigenvalue weighted by Gasteiger charge is 2.38. The third-order valence-electron chi connectivity index (χ3n) is 4.71. The Bertz CT molecular complexity index is 921. The van der Waals surface area contributed by atoms with Gasteiger partial charge in [0.05, 0.1) is 18.1 Å². The number of benzene rings is 3. The van der Waals surface area contributed by atoms with Gasteiger partial charge in [-0.25, -0.2) is 4.74 Å². The van der Waals surface area contributed by atoms with Crippen molar-refractivity contribution in [2.45, 2.75) is 6.04 Å². The number of rotatable bonds is 3. The van der Waals surface area contributed by atoms with Crippen LogP contribution in [0.15, 0.2) is 66.7 Å². The molecule has 0 saturated carbocycles. The number of hydroxylamine groups is 1. The molecule has 3 aromatic carbocycles. The van der Waals surface area contributed by atoms with Crippen LogP contribution in [-0.4, -0.2) is 29.3 Å². The second kappa shape index (κ2) is 6.57. The summed E-state index contributed by atoms with van der Waals surface area (Å²) < 4.78 is 6.79. The van der Waals surface area contributed by atoms with Crippen molar-refractivity contribution in [3.05, 3.63) is 83.1 Å². The van der Waals surface area contributed by atoms with E-state index in [4.69, 9.17) is 4.74 Å². The molecule has 4 rings (SSSR count). The smallest absolute Gasteiger partial charge is 0.201 e. The summed E-state index contributed by atoms with van der Waals surface area (Å²) in [5.74, 6) is 0.437. The summed E-state index contributed by atoms with van der Waals surface area (Å²) >= 11 is 0. The lowest BCUT2D eigenvalue weighted by molar-refractivity contribution is -0.517. The van der Waals surface area contributed by atoms with E-state index in [9.17, 15) is 10.3 Å². The molecule has 0 amide bonds. The van der Waals surface area contributed by atoms with Gasteiger partial charge in [0.1, 0.15) is 12.4 Å². The number of hydrogen-bond acceptors (Lipinski definition) is 3. The van der Waals surface area contributed by atoms with Crippen LogP contribution in [0.4, 0.5) is 0 Å². The summed E-state index contributed by atoms with van der Waals surface area (Å²) in [6.45, 7) is 0.225. The van der Waals surface area contributed by atoms with Gasteiger partial charge in [-0.2, -0.15) is 0 Å². The number of fused-ring (bicyclic) bond motifs is 3. The lowest BCUT2D eigenvalue weighted by atomic mass is 9.87. The van der Waals surface area contributed by atoms with E-state index in [0.29, 0.717) is 6.61 Å². The summed E-state index contributed by atoms with van der Waals surface area (Å²) in [5, 5.41) is 24.9. The summed E-state index contributed by atoms with van der Waals surface area (Å²) in [6, 6.07) is 20.9. The highest BCUT2D eigenvalue weighted by molar-refractivity contribution is 5.88. The predicted molar refractivity (Wildman–Crippen MR) is 98.0 cm³/mol. The minimum atomic E-state index is -0.486. The van der Waals surface area contributed by atoms with Gasteiger partial charge in [-0.1, -0.05) is 48.5 Å². The van der Waals surface area contributed by atoms with Crippen molar-refractivity contribution in [2.75, 3.05) is 13.2 Å². The van der Waals surface area contributed by atoms with Crippen molar-refractivity contribution < 1.29 is 14.6 Å². The van der Waals surface area contributed by atoms with Gasteiger partial charge in [-0.3, -0.25) is 0 Å². The van der Waals surface area contributed by atoms with Gasteiger partial charge in [0, 0.05) is 5.56 Å². The lowest BCUT2D eigenvalue weighted by Crippen LogP contribution is -2.34. The van der Waals surface area contributed by atoms with Crippen molar-refractivity contribution in [3.63, 3.8) is 0 Å². The van der Waals surface area contributed by atoms with Crippen LogP contribution in [0, 0.1) is 11.1 Å². The second-order valence-corrected chi connectivity index (χ2v) is 6.30. The highest BCUT2D eigenvalue weighted by Crippen LogP contribution is 2.41. The standard InChI is InChI=1S/C21H19NO3/c23-13-17-14-25-19-11-10-16-8-4-5-9-18(16)20(19)21(17)22(24)12-15-6-2-1-3-7-15/h1-12,17,21,23H,13-14H2/b22-12-/t17-,21-/m0/s1. The number of aliphatic hydroxyl groups excluding tert-OH is 1. The minimum Gasteiger partial charge on any atom is -0.623 e. The summed E-state index contributed by atoms with van der Waals surface area (Å²) in [5.41, 5.74) is 1.69. The fourth-order valence-corrected chi connectivity index (χ4v) is 3.48. The Morgan fingerprint density at radius 1 is 1.04 bits per heavy atom. The van der Waals surface area contributed by atoms with E-state index >= 15 is 0 Å². The average Bonchev–Trinajstić information content (AvgIpc) is 2.67. The molecule has 0 unspecified atom stereocenters. The van der Waals surface area contributed by atoms with Gasteiger partial charge in [-0.05, 0) is 29.0 Å². The largest absolute Gasteiger partial charge is 0.623 e. The molecule has 0 bridgehead atoms. The van der Waals surface area contributed by atoms with E-state index in [-0.39, 0.29) is 12.5 Å². The average molecular weight is 333 g/mol. The molecule has 126 valence electrons. The first-order valence-corrected chi connectivity index (χ1v) is 8.38. The maximum absolute atomic E-state index is 13.0. The molecule has 0 aromatic heterocycles. The van der Waals surface area contributed by atoms with Crippen LogP contribution in [0.25, 0.3) is 10.8 Å². The van der Waals surface area contributed by atoms with Gasteiger partial charge in [0.2, 0.25) is 6.04 Å². The van der Waals surface area contributed by atoms with Crippen LogP contribution >= 0.6 is 0 Å². The molecule has 4 nitrogen and oxygen atoms in total. The van der Waals surface area contributed by atoms with Gasteiger partial charge in [0.15, 0.2) is 6.21 Å². The Balaban J connectivity index is 1.89. The maximum atomic E-state index is 13.0. The molecule has 1 heterocycles. The van der Waals surface area contributed by atoms with E-state index in [0.717, 1.165) is 32.4 Å². The molecule has 3 aromatic rings. The zero-order valence-electron chi connectivity index (χ0n) is 13.7. The maximum Gasteiger partial charge on any atom is 0.201 e. The zero-order valence-corrected chi connectivity index (χ0v) is 13.7. The number of hydrogen-bond donors (Lipinski definition) is 1. The molecule has 0 fully saturated rings. The molecular weight excluding hydrogens is 314 g/mol. The molecule has 2 atom stereocenters. The van der Waals surface area contributed by atoms with Crippen molar-refractivity contribution in [2.24, 2.45) is 5.92 Å². The van der Waals surface area contributed by atoms with Crippen molar-refractivity contribution >= 4 is 17.0 Å². The topological polar surface area (TPSA) is 55.5 Å². The zero-order chi connectivity index (χ0) is 17.2. The molecule has 25 heavy (non-hydrogen) atoms. The normalized spacial score (nSPS) is 20.1. The highest BCUT2D eigenvalue weighted by atomic mass is 16.5. The van der Waals surface area contributed by atoms with E-state index in [1.807, 2.05) is 66.7 Å². The van der Waals surface area contributed by atoms with Gasteiger partial charge >= 0.3 is 0 Å². The molecule has 4 heteroatoms. The molecule has 0 spiro atoms. The molecule has 1 aliphatic heterocycles. The Morgan fingerprint density at radius 2 is 1.80 bits per heavy atom. The van der Waals surface area contributed by atoms with Gasteiger partial charge in [0.25, 0.3) is 0 Å². The van der Waals surface area contributed by atoms with Crippen LogP contribution in [0.1, 0.15) is 17.2 Å². The first-order valence-electron chi connectivity index (χ1n) is 8.38. The Kier molecular flexibility index (Phi) is 4.12. The molecule has 0 radical (unpaired) electrons. The van der Waals surface area contributed by atoms with Crippen molar-refractivity contribution in [3.8, 4) is 5.75 Å². The van der Waals surface area contributed by atoms with E-state index in [1.165, 1.54) is 0 Å². The Hall–Kier alpha value is -2.85. The van der Waals surface area contributed by atoms with Gasteiger partial charge in [-0.15, -0.1) is 0 Å². The number of ether oxygens (including phenoxy) is 1. The first-order chi connectivity index (χ1) is 12.3. The Labute approximate surface area is 146 Å². The summed E-state index contributed by atoms with van der Waals surface area (Å²) in [7, 11) is 0. The third kappa shape index (κ3) is 2.85. The molecular formula is C21H19NO3. The van der Waals surface area contributed by atoms with Crippen LogP contribution in [-0.2, 0) is 0 Å². The van der Waals surface area contributed by atoms with Crippen LogP contribution in [0.3, 0.4) is 0 Å². The molecule has 0 aliphatic carbocycles. The lowest BCUT2D eigenvalue weighted by Gasteiger charge is -2.31. The van der Waals surface area contributed by atoms with Crippen LogP contribution in [0.5, 0.6) is 5.75 Å².